The van der Waals surface area contributed by atoms with Gasteiger partial charge in [0.05, 0.1) is 6.54 Å². The van der Waals surface area contributed by atoms with Crippen molar-refractivity contribution in [2.75, 3.05) is 35.6 Å². The Morgan fingerprint density at radius 1 is 1.58 bits per heavy atom. The number of hydrogen-bond acceptors (Lipinski definition) is 4. The lowest BCUT2D eigenvalue weighted by atomic mass is 10.2. The number of nitrogens with one attached hydrogen (secondary N) is 1. The minimum Gasteiger partial charge on any atom is -0.399 e. The van der Waals surface area contributed by atoms with Crippen molar-refractivity contribution in [1.29, 1.82) is 0 Å². The van der Waals surface area contributed by atoms with Gasteiger partial charge in [-0.2, -0.15) is 11.8 Å². The van der Waals surface area contributed by atoms with Gasteiger partial charge in [0.25, 0.3) is 0 Å². The Balaban J connectivity index is 1.95. The van der Waals surface area contributed by atoms with Gasteiger partial charge >= 0.3 is 0 Å². The van der Waals surface area contributed by atoms with Crippen molar-refractivity contribution in [2.24, 2.45) is 0 Å². The summed E-state index contributed by atoms with van der Waals surface area (Å²) in [5, 5.41) is 2.95. The molecular weight excluding hydrogens is 258 g/mol. The zero-order valence-electron chi connectivity index (χ0n) is 11.5. The molecule has 1 heterocycles. The van der Waals surface area contributed by atoms with Crippen LogP contribution < -0.4 is 11.1 Å². The summed E-state index contributed by atoms with van der Waals surface area (Å²) in [5.74, 6) is 2.24. The first-order valence-electron chi connectivity index (χ1n) is 6.54. The van der Waals surface area contributed by atoms with Crippen molar-refractivity contribution >= 4 is 29.0 Å². The highest BCUT2D eigenvalue weighted by atomic mass is 32.2. The molecule has 0 aliphatic carbocycles. The van der Waals surface area contributed by atoms with Crippen molar-refractivity contribution in [1.82, 2.24) is 4.90 Å². The number of amides is 1. The third-order valence-corrected chi connectivity index (χ3v) is 4.58. The molecule has 1 aromatic rings. The SMILES string of the molecule is Cc1ccc(N)cc1NC(=O)CN1CCSCC1C. The summed E-state index contributed by atoms with van der Waals surface area (Å²) in [6.45, 7) is 5.57. The third-order valence-electron chi connectivity index (χ3n) is 3.39. The van der Waals surface area contributed by atoms with Crippen molar-refractivity contribution in [3.63, 3.8) is 0 Å². The van der Waals surface area contributed by atoms with Crippen molar-refractivity contribution < 1.29 is 4.79 Å². The standard InChI is InChI=1S/C14H21N3OS/c1-10-3-4-12(15)7-13(10)16-14(18)8-17-5-6-19-9-11(17)2/h3-4,7,11H,5-6,8-9,15H2,1-2H3,(H,16,18). The number of benzene rings is 1. The second-order valence-corrected chi connectivity index (χ2v) is 6.17. The average molecular weight is 279 g/mol. The zero-order chi connectivity index (χ0) is 13.8. The molecule has 3 N–H and O–H groups in total. The van der Waals surface area contributed by atoms with E-state index in [1.165, 1.54) is 0 Å². The molecule has 0 spiro atoms. The van der Waals surface area contributed by atoms with Gasteiger partial charge in [-0.05, 0) is 31.5 Å². The van der Waals surface area contributed by atoms with E-state index < -0.39 is 0 Å². The quantitative estimate of drug-likeness (QED) is 0.830. The van der Waals surface area contributed by atoms with E-state index in [-0.39, 0.29) is 5.91 Å². The molecule has 0 aromatic heterocycles. The molecule has 0 radical (unpaired) electrons. The number of carbonyl (C=O) groups excluding carboxylic acids is 1. The number of nitrogens with two attached hydrogens (primary N) is 1. The largest absolute Gasteiger partial charge is 0.399 e. The van der Waals surface area contributed by atoms with E-state index >= 15 is 0 Å². The lowest BCUT2D eigenvalue weighted by Crippen LogP contribution is -2.44. The molecule has 5 heteroatoms. The van der Waals surface area contributed by atoms with Gasteiger partial charge in [-0.1, -0.05) is 6.07 Å². The van der Waals surface area contributed by atoms with Crippen LogP contribution in [0.25, 0.3) is 0 Å². The van der Waals surface area contributed by atoms with Crippen LogP contribution in [0.1, 0.15) is 12.5 Å². The van der Waals surface area contributed by atoms with E-state index in [0.29, 0.717) is 18.3 Å². The molecule has 104 valence electrons. The fourth-order valence-electron chi connectivity index (χ4n) is 2.14. The van der Waals surface area contributed by atoms with Crippen LogP contribution in [-0.4, -0.2) is 41.4 Å². The molecule has 0 bridgehead atoms. The summed E-state index contributed by atoms with van der Waals surface area (Å²) < 4.78 is 0. The van der Waals surface area contributed by atoms with Gasteiger partial charge in [0.2, 0.25) is 5.91 Å². The Hall–Kier alpha value is -1.20. The minimum atomic E-state index is 0.0347. The summed E-state index contributed by atoms with van der Waals surface area (Å²) in [6.07, 6.45) is 0. The number of nitrogens with zero attached hydrogens (tertiary/aromatic N) is 1. The number of hydrogen-bond donors (Lipinski definition) is 2. The highest BCUT2D eigenvalue weighted by Crippen LogP contribution is 2.19. The smallest absolute Gasteiger partial charge is 0.238 e. The molecule has 2 rings (SSSR count). The van der Waals surface area contributed by atoms with Crippen LogP contribution in [0.3, 0.4) is 0 Å². The molecule has 1 unspecified atom stereocenters. The highest BCUT2D eigenvalue weighted by Gasteiger charge is 2.20. The highest BCUT2D eigenvalue weighted by molar-refractivity contribution is 7.99. The Kier molecular flexibility index (Phi) is 4.71. The number of aryl methyl sites for hydroxylation is 1. The van der Waals surface area contributed by atoms with E-state index in [4.69, 9.17) is 5.73 Å². The monoisotopic (exact) mass is 279 g/mol. The van der Waals surface area contributed by atoms with Gasteiger partial charge in [-0.25, -0.2) is 0 Å². The van der Waals surface area contributed by atoms with Crippen LogP contribution in [0.4, 0.5) is 11.4 Å². The van der Waals surface area contributed by atoms with Crippen molar-refractivity contribution in [3.05, 3.63) is 23.8 Å². The normalized spacial score (nSPS) is 20.2. The van der Waals surface area contributed by atoms with E-state index in [2.05, 4.69) is 17.1 Å². The van der Waals surface area contributed by atoms with Gasteiger partial charge in [0, 0.05) is 35.5 Å². The van der Waals surface area contributed by atoms with Crippen molar-refractivity contribution in [3.8, 4) is 0 Å². The Morgan fingerprint density at radius 3 is 3.11 bits per heavy atom. The Morgan fingerprint density at radius 2 is 2.37 bits per heavy atom. The van der Waals surface area contributed by atoms with Crippen molar-refractivity contribution in [2.45, 2.75) is 19.9 Å². The number of thioether (sulfide) groups is 1. The van der Waals surface area contributed by atoms with Crippen LogP contribution in [0.5, 0.6) is 0 Å². The predicted molar refractivity (Wildman–Crippen MR) is 82.6 cm³/mol. The van der Waals surface area contributed by atoms with E-state index in [9.17, 15) is 4.79 Å². The van der Waals surface area contributed by atoms with E-state index in [1.807, 2.05) is 36.9 Å². The minimum absolute atomic E-state index is 0.0347. The maximum absolute atomic E-state index is 12.1. The van der Waals surface area contributed by atoms with E-state index in [0.717, 1.165) is 29.3 Å². The first kappa shape index (κ1) is 14.2. The van der Waals surface area contributed by atoms with Gasteiger partial charge in [-0.15, -0.1) is 0 Å². The average Bonchev–Trinajstić information content (AvgIpc) is 2.37. The topological polar surface area (TPSA) is 58.4 Å². The molecule has 1 aliphatic rings. The van der Waals surface area contributed by atoms with Gasteiger partial charge < -0.3 is 11.1 Å². The van der Waals surface area contributed by atoms with E-state index in [1.54, 1.807) is 0 Å². The summed E-state index contributed by atoms with van der Waals surface area (Å²) in [7, 11) is 0. The molecule has 1 aliphatic heterocycles. The lowest BCUT2D eigenvalue weighted by Gasteiger charge is -2.32. The lowest BCUT2D eigenvalue weighted by molar-refractivity contribution is -0.117. The predicted octanol–water partition coefficient (Wildman–Crippen LogP) is 1.95. The third kappa shape index (κ3) is 3.88. The number of carbonyl (C=O) groups is 1. The van der Waals surface area contributed by atoms with Gasteiger partial charge in [0.1, 0.15) is 0 Å². The first-order chi connectivity index (χ1) is 9.06. The zero-order valence-corrected chi connectivity index (χ0v) is 12.3. The maximum atomic E-state index is 12.1. The van der Waals surface area contributed by atoms with Crippen LogP contribution >= 0.6 is 11.8 Å². The molecule has 1 fully saturated rings. The second-order valence-electron chi connectivity index (χ2n) is 5.02. The number of nitrogen functional groups attached to an aromatic ring is 1. The first-order valence-corrected chi connectivity index (χ1v) is 7.69. The fraction of sp³-hybridized carbons (Fsp3) is 0.500. The van der Waals surface area contributed by atoms with Gasteiger partial charge in [0.15, 0.2) is 0 Å². The fourth-order valence-corrected chi connectivity index (χ4v) is 3.23. The molecule has 4 nitrogen and oxygen atoms in total. The van der Waals surface area contributed by atoms with Crippen LogP contribution in [-0.2, 0) is 4.79 Å². The Labute approximate surface area is 118 Å². The molecule has 1 atom stereocenters. The molecule has 0 saturated carbocycles. The summed E-state index contributed by atoms with van der Waals surface area (Å²) in [4.78, 5) is 14.3. The molecule has 1 saturated heterocycles. The van der Waals surface area contributed by atoms with Gasteiger partial charge in [-0.3, -0.25) is 9.69 Å². The molecular formula is C14H21N3OS. The second kappa shape index (κ2) is 6.30. The maximum Gasteiger partial charge on any atom is 0.238 e. The molecule has 1 aromatic carbocycles. The van der Waals surface area contributed by atoms with Crippen LogP contribution in [0.15, 0.2) is 18.2 Å². The van der Waals surface area contributed by atoms with Crippen LogP contribution in [0, 0.1) is 6.92 Å². The summed E-state index contributed by atoms with van der Waals surface area (Å²) in [5.41, 5.74) is 8.26. The number of anilines is 2. The molecule has 19 heavy (non-hydrogen) atoms. The number of rotatable bonds is 3. The summed E-state index contributed by atoms with van der Waals surface area (Å²) >= 11 is 1.95. The molecule has 1 amide bonds. The summed E-state index contributed by atoms with van der Waals surface area (Å²) in [6, 6.07) is 6.04. The van der Waals surface area contributed by atoms with Crippen LogP contribution in [0.2, 0.25) is 0 Å². The Bertz CT molecular complexity index is 464.